The van der Waals surface area contributed by atoms with E-state index in [1.54, 1.807) is 0 Å². The molecule has 4 atom stereocenters. The lowest BCUT2D eigenvalue weighted by molar-refractivity contribution is -0.144. The summed E-state index contributed by atoms with van der Waals surface area (Å²) in [6.45, 7) is -1.60. The molecule has 0 rings (SSSR count). The molecule has 0 bridgehead atoms. The molecule has 0 radical (unpaired) electrons. The third kappa shape index (κ3) is 13.4. The van der Waals surface area contributed by atoms with Crippen molar-refractivity contribution in [2.24, 2.45) is 11.5 Å². The third-order valence-corrected chi connectivity index (χ3v) is 4.60. The molecule has 0 aromatic carbocycles. The Morgan fingerprint density at radius 3 is 1.43 bits per heavy atom. The van der Waals surface area contributed by atoms with Crippen molar-refractivity contribution in [3.63, 3.8) is 0 Å². The first kappa shape index (κ1) is 32.7. The van der Waals surface area contributed by atoms with Crippen LogP contribution >= 0.6 is 0 Å². The second-order valence-electron chi connectivity index (χ2n) is 7.56. The van der Waals surface area contributed by atoms with Crippen LogP contribution in [0.2, 0.25) is 0 Å². The number of aliphatic hydroxyl groups is 1. The maximum Gasteiger partial charge on any atom is 0.326 e. The molecule has 0 aliphatic heterocycles. The zero-order valence-electron chi connectivity index (χ0n) is 19.5. The van der Waals surface area contributed by atoms with Crippen molar-refractivity contribution in [2.75, 3.05) is 13.2 Å². The summed E-state index contributed by atoms with van der Waals surface area (Å²) in [6.07, 6.45) is -2.93. The second-order valence-corrected chi connectivity index (χ2v) is 7.56. The molecule has 18 nitrogen and oxygen atoms in total. The first-order valence-electron chi connectivity index (χ1n) is 10.7. The molecule has 0 aliphatic carbocycles. The van der Waals surface area contributed by atoms with Crippen molar-refractivity contribution in [1.82, 2.24) is 21.3 Å². The minimum atomic E-state index is -1.79. The van der Waals surface area contributed by atoms with Crippen LogP contribution in [0, 0.1) is 0 Å². The van der Waals surface area contributed by atoms with Crippen molar-refractivity contribution in [3.05, 3.63) is 0 Å². The monoisotopic (exact) mass is 534 g/mol. The van der Waals surface area contributed by atoms with Gasteiger partial charge < -0.3 is 53.2 Å². The summed E-state index contributed by atoms with van der Waals surface area (Å²) in [6, 6.07) is -6.67. The molecule has 37 heavy (non-hydrogen) atoms. The number of nitrogens with one attached hydrogen (secondary N) is 4. The van der Waals surface area contributed by atoms with Gasteiger partial charge in [-0.15, -0.1) is 0 Å². The molecule has 12 N–H and O–H groups in total. The smallest absolute Gasteiger partial charge is 0.326 e. The molecule has 0 aromatic heterocycles. The zero-order valence-corrected chi connectivity index (χ0v) is 19.5. The predicted molar refractivity (Wildman–Crippen MR) is 119 cm³/mol. The summed E-state index contributed by atoms with van der Waals surface area (Å²) in [4.78, 5) is 93.4. The summed E-state index contributed by atoms with van der Waals surface area (Å²) in [7, 11) is 0. The van der Waals surface area contributed by atoms with Crippen molar-refractivity contribution < 1.29 is 58.8 Å². The fraction of sp³-hybridized carbons (Fsp3) is 0.579. The Hall–Kier alpha value is -4.32. The summed E-state index contributed by atoms with van der Waals surface area (Å²) in [5, 5.41) is 44.6. The van der Waals surface area contributed by atoms with E-state index in [-0.39, 0.29) is 0 Å². The van der Waals surface area contributed by atoms with E-state index in [0.29, 0.717) is 0 Å². The Morgan fingerprint density at radius 1 is 0.649 bits per heavy atom. The first-order chi connectivity index (χ1) is 17.2. The first-order valence-corrected chi connectivity index (χ1v) is 10.7. The Labute approximate surface area is 209 Å². The number of hydrogen-bond acceptors (Lipinski definition) is 10. The van der Waals surface area contributed by atoms with E-state index in [9.17, 15) is 43.5 Å². The molecule has 208 valence electrons. The maximum absolute atomic E-state index is 12.7. The topological polar surface area (TPSA) is 318 Å². The van der Waals surface area contributed by atoms with Gasteiger partial charge in [-0.05, 0) is 12.8 Å². The van der Waals surface area contributed by atoms with E-state index in [0.717, 1.165) is 0 Å². The lowest BCUT2D eigenvalue weighted by atomic mass is 10.1. The Bertz CT molecular complexity index is 895. The van der Waals surface area contributed by atoms with Crippen LogP contribution in [0.5, 0.6) is 0 Å². The van der Waals surface area contributed by atoms with Crippen LogP contribution in [0.15, 0.2) is 0 Å². The van der Waals surface area contributed by atoms with E-state index >= 15 is 0 Å². The van der Waals surface area contributed by atoms with Gasteiger partial charge in [0, 0.05) is 12.8 Å². The summed E-state index contributed by atoms with van der Waals surface area (Å²) in [5.41, 5.74) is 10.1. The highest BCUT2D eigenvalue weighted by molar-refractivity contribution is 5.96. The van der Waals surface area contributed by atoms with Gasteiger partial charge in [0.1, 0.15) is 24.2 Å². The van der Waals surface area contributed by atoms with Crippen molar-refractivity contribution in [3.8, 4) is 0 Å². The standard InChI is InChI=1S/C19H30N6O12/c20-6-13(28)22-8(1-3-14(29)30)16(33)23-9(2-4-15(31)32)17(34)25-11(7-26)18(35)24-10(19(36)37)5-12(21)27/h8-11,26H,1-7,20H2,(H2,21,27)(H,22,28)(H,23,33)(H,24,35)(H,25,34)(H,29,30)(H,31,32)(H,36,37)/t8-,9-,10-,11-/m0/s1. The largest absolute Gasteiger partial charge is 0.481 e. The molecule has 0 fully saturated rings. The molecule has 0 unspecified atom stereocenters. The zero-order chi connectivity index (χ0) is 28.7. The van der Waals surface area contributed by atoms with E-state index in [2.05, 4.69) is 10.6 Å². The van der Waals surface area contributed by atoms with E-state index in [4.69, 9.17) is 26.8 Å². The number of carboxylic acid groups (broad SMARTS) is 3. The fourth-order valence-electron chi connectivity index (χ4n) is 2.74. The van der Waals surface area contributed by atoms with Gasteiger partial charge in [0.25, 0.3) is 0 Å². The summed E-state index contributed by atoms with van der Waals surface area (Å²) in [5.74, 6) is -9.65. The molecule has 0 spiro atoms. The molecule has 0 saturated carbocycles. The number of primary amides is 1. The SMILES string of the molecule is NCC(=O)N[C@@H](CCC(=O)O)C(=O)N[C@@H](CCC(=O)O)C(=O)N[C@@H](CO)C(=O)N[C@@H](CC(N)=O)C(=O)O. The number of carbonyl (C=O) groups is 8. The molecule has 0 aliphatic rings. The molecular weight excluding hydrogens is 504 g/mol. The van der Waals surface area contributed by atoms with Crippen LogP contribution in [0.4, 0.5) is 0 Å². The van der Waals surface area contributed by atoms with Gasteiger partial charge in [-0.2, -0.15) is 0 Å². The van der Waals surface area contributed by atoms with Crippen molar-refractivity contribution in [1.29, 1.82) is 0 Å². The number of rotatable bonds is 18. The van der Waals surface area contributed by atoms with E-state index in [1.807, 2.05) is 10.6 Å². The number of carboxylic acids is 3. The quantitative estimate of drug-likeness (QED) is 0.0785. The number of amides is 5. The van der Waals surface area contributed by atoms with Crippen molar-refractivity contribution in [2.45, 2.75) is 56.3 Å². The molecular formula is C19H30N6O12. The third-order valence-electron chi connectivity index (χ3n) is 4.60. The number of aliphatic hydroxyl groups excluding tert-OH is 1. The van der Waals surface area contributed by atoms with Crippen LogP contribution < -0.4 is 32.7 Å². The van der Waals surface area contributed by atoms with Gasteiger partial charge in [0.05, 0.1) is 19.6 Å². The van der Waals surface area contributed by atoms with Gasteiger partial charge in [-0.25, -0.2) is 4.79 Å². The summed E-state index contributed by atoms with van der Waals surface area (Å²) < 4.78 is 0. The normalized spacial score (nSPS) is 13.7. The highest BCUT2D eigenvalue weighted by Gasteiger charge is 2.31. The molecule has 18 heteroatoms. The average Bonchev–Trinajstić information content (AvgIpc) is 2.80. The minimum absolute atomic E-state index is 0.404. The minimum Gasteiger partial charge on any atom is -0.481 e. The van der Waals surface area contributed by atoms with Crippen LogP contribution in [0.1, 0.15) is 32.1 Å². The molecule has 0 aromatic rings. The molecule has 0 heterocycles. The second kappa shape index (κ2) is 16.4. The highest BCUT2D eigenvalue weighted by atomic mass is 16.4. The predicted octanol–water partition coefficient (Wildman–Crippen LogP) is -5.43. The Balaban J connectivity index is 5.63. The van der Waals surface area contributed by atoms with Crippen LogP contribution in [0.25, 0.3) is 0 Å². The molecule has 0 saturated heterocycles. The number of aliphatic carboxylic acids is 3. The Morgan fingerprint density at radius 2 is 1.05 bits per heavy atom. The fourth-order valence-corrected chi connectivity index (χ4v) is 2.74. The van der Waals surface area contributed by atoms with Gasteiger partial charge in [-0.1, -0.05) is 0 Å². The lowest BCUT2D eigenvalue weighted by Crippen LogP contribution is -2.59. The van der Waals surface area contributed by atoms with Gasteiger partial charge >= 0.3 is 17.9 Å². The van der Waals surface area contributed by atoms with Crippen LogP contribution in [-0.4, -0.2) is 105 Å². The number of nitrogens with two attached hydrogens (primary N) is 2. The maximum atomic E-state index is 12.7. The van der Waals surface area contributed by atoms with Gasteiger partial charge in [0.2, 0.25) is 29.5 Å². The van der Waals surface area contributed by atoms with Crippen LogP contribution in [-0.2, 0) is 38.4 Å². The van der Waals surface area contributed by atoms with Gasteiger partial charge in [0.15, 0.2) is 0 Å². The van der Waals surface area contributed by atoms with Crippen LogP contribution in [0.3, 0.4) is 0 Å². The molecule has 5 amide bonds. The van der Waals surface area contributed by atoms with Gasteiger partial charge in [-0.3, -0.25) is 33.6 Å². The highest BCUT2D eigenvalue weighted by Crippen LogP contribution is 2.04. The number of hydrogen-bond donors (Lipinski definition) is 10. The van der Waals surface area contributed by atoms with E-state index < -0.39 is 117 Å². The number of carbonyl (C=O) groups excluding carboxylic acids is 5. The lowest BCUT2D eigenvalue weighted by Gasteiger charge is -2.25. The van der Waals surface area contributed by atoms with E-state index in [1.165, 1.54) is 0 Å². The Kier molecular flexibility index (Phi) is 14.5. The average molecular weight is 534 g/mol. The van der Waals surface area contributed by atoms with Crippen molar-refractivity contribution >= 4 is 47.4 Å². The summed E-state index contributed by atoms with van der Waals surface area (Å²) >= 11 is 0.